The molecule has 0 fully saturated rings. The van der Waals surface area contributed by atoms with Gasteiger partial charge in [0, 0.05) is 11.9 Å². The number of nitrogens with two attached hydrogens (primary N) is 1. The zero-order valence-electron chi connectivity index (χ0n) is 10.1. The maximum atomic E-state index is 13.5. The van der Waals surface area contributed by atoms with Crippen molar-refractivity contribution in [2.24, 2.45) is 4.99 Å². The first-order valence-corrected chi connectivity index (χ1v) is 6.00. The van der Waals surface area contributed by atoms with Crippen molar-refractivity contribution in [2.45, 2.75) is 25.7 Å². The monoisotopic (exact) mass is 253 g/mol. The summed E-state index contributed by atoms with van der Waals surface area (Å²) in [6, 6.07) is 3.04. The van der Waals surface area contributed by atoms with Crippen LogP contribution in [0.5, 0.6) is 0 Å². The molecule has 92 valence electrons. The zero-order chi connectivity index (χ0) is 12.8. The molecule has 0 radical (unpaired) electrons. The summed E-state index contributed by atoms with van der Waals surface area (Å²) in [6.45, 7) is 5.54. The predicted molar refractivity (Wildman–Crippen MR) is 72.5 cm³/mol. The van der Waals surface area contributed by atoms with Crippen LogP contribution in [0.15, 0.2) is 34.3 Å². The van der Waals surface area contributed by atoms with Crippen LogP contribution in [-0.4, -0.2) is 5.84 Å². The summed E-state index contributed by atoms with van der Waals surface area (Å²) in [6.07, 6.45) is 3.50. The Morgan fingerprint density at radius 1 is 1.53 bits per heavy atom. The fourth-order valence-electron chi connectivity index (χ4n) is 1.09. The molecule has 0 aliphatic heterocycles. The van der Waals surface area contributed by atoms with E-state index < -0.39 is 0 Å². The van der Waals surface area contributed by atoms with Gasteiger partial charge in [-0.05, 0) is 50.4 Å². The summed E-state index contributed by atoms with van der Waals surface area (Å²) in [5.74, 6) is 0.381. The number of halogens is 1. The second-order valence-corrected chi connectivity index (χ2v) is 4.39. The van der Waals surface area contributed by atoms with E-state index in [2.05, 4.69) is 9.71 Å². The van der Waals surface area contributed by atoms with Crippen LogP contribution >= 0.6 is 11.9 Å². The van der Waals surface area contributed by atoms with Crippen molar-refractivity contribution in [1.29, 1.82) is 0 Å². The number of rotatable bonds is 3. The number of nitrogens with zero attached hydrogens (tertiary/aromatic N) is 1. The van der Waals surface area contributed by atoms with Gasteiger partial charge in [-0.2, -0.15) is 0 Å². The van der Waals surface area contributed by atoms with E-state index in [0.717, 1.165) is 5.56 Å². The SMILES string of the molecule is C/C=C\N=C(C)NSc1cc(C)c(N)cc1F. The molecule has 0 aliphatic carbocycles. The van der Waals surface area contributed by atoms with Crippen molar-refractivity contribution in [2.75, 3.05) is 5.73 Å². The molecule has 0 unspecified atom stereocenters. The van der Waals surface area contributed by atoms with Gasteiger partial charge in [0.05, 0.1) is 4.90 Å². The topological polar surface area (TPSA) is 50.4 Å². The van der Waals surface area contributed by atoms with Crippen LogP contribution < -0.4 is 10.5 Å². The molecule has 0 spiro atoms. The lowest BCUT2D eigenvalue weighted by molar-refractivity contribution is 0.602. The first-order valence-electron chi connectivity index (χ1n) is 5.18. The molecular weight excluding hydrogens is 237 g/mol. The highest BCUT2D eigenvalue weighted by Crippen LogP contribution is 2.24. The molecule has 0 heterocycles. The number of aliphatic imine (C=N–C) groups is 1. The molecule has 3 nitrogen and oxygen atoms in total. The fraction of sp³-hybridized carbons (Fsp3) is 0.250. The summed E-state index contributed by atoms with van der Waals surface area (Å²) < 4.78 is 16.5. The number of benzene rings is 1. The second kappa shape index (κ2) is 6.30. The molecule has 0 atom stereocenters. The molecule has 1 aromatic carbocycles. The van der Waals surface area contributed by atoms with Crippen LogP contribution in [0.25, 0.3) is 0 Å². The van der Waals surface area contributed by atoms with E-state index in [4.69, 9.17) is 5.73 Å². The molecule has 1 aromatic rings. The lowest BCUT2D eigenvalue weighted by Gasteiger charge is -2.07. The molecule has 3 N–H and O–H groups in total. The Labute approximate surface area is 105 Å². The Morgan fingerprint density at radius 2 is 2.24 bits per heavy atom. The van der Waals surface area contributed by atoms with Gasteiger partial charge in [0.1, 0.15) is 11.7 Å². The number of nitrogen functional groups attached to an aromatic ring is 1. The van der Waals surface area contributed by atoms with Crippen molar-refractivity contribution in [3.8, 4) is 0 Å². The molecule has 0 saturated carbocycles. The van der Waals surface area contributed by atoms with Gasteiger partial charge in [-0.3, -0.25) is 0 Å². The standard InChI is InChI=1S/C12H16FN3S/c1-4-5-15-9(3)16-17-12-6-8(2)11(14)7-10(12)13/h4-7H,14H2,1-3H3,(H,15,16)/b5-4-. The molecule has 0 amide bonds. The third kappa shape index (κ3) is 4.11. The number of hydrogen-bond acceptors (Lipinski definition) is 3. The van der Waals surface area contributed by atoms with Gasteiger partial charge >= 0.3 is 0 Å². The number of hydrogen-bond donors (Lipinski definition) is 2. The first-order chi connectivity index (χ1) is 8.04. The average molecular weight is 253 g/mol. The first kappa shape index (κ1) is 13.6. The van der Waals surface area contributed by atoms with E-state index in [1.54, 1.807) is 12.3 Å². The van der Waals surface area contributed by atoms with Crippen LogP contribution in [-0.2, 0) is 0 Å². The van der Waals surface area contributed by atoms with Crippen molar-refractivity contribution >= 4 is 23.5 Å². The number of amidine groups is 1. The number of aryl methyl sites for hydroxylation is 1. The van der Waals surface area contributed by atoms with Crippen molar-refractivity contribution < 1.29 is 4.39 Å². The smallest absolute Gasteiger partial charge is 0.140 e. The predicted octanol–water partition coefficient (Wildman–Crippen LogP) is 3.27. The maximum Gasteiger partial charge on any atom is 0.140 e. The van der Waals surface area contributed by atoms with Crippen LogP contribution in [0.2, 0.25) is 0 Å². The van der Waals surface area contributed by atoms with Crippen LogP contribution in [0.3, 0.4) is 0 Å². The maximum absolute atomic E-state index is 13.5. The molecule has 17 heavy (non-hydrogen) atoms. The molecule has 1 rings (SSSR count). The highest BCUT2D eigenvalue weighted by atomic mass is 32.2. The highest BCUT2D eigenvalue weighted by Gasteiger charge is 2.06. The van der Waals surface area contributed by atoms with Crippen molar-refractivity contribution in [1.82, 2.24) is 4.72 Å². The molecule has 0 aliphatic rings. The average Bonchev–Trinajstić information content (AvgIpc) is 2.29. The molecule has 0 aromatic heterocycles. The number of anilines is 1. The van der Waals surface area contributed by atoms with Gasteiger partial charge in [-0.25, -0.2) is 9.38 Å². The Morgan fingerprint density at radius 3 is 2.88 bits per heavy atom. The van der Waals surface area contributed by atoms with Gasteiger partial charge in [0.25, 0.3) is 0 Å². The summed E-state index contributed by atoms with van der Waals surface area (Å²) >= 11 is 1.18. The van der Waals surface area contributed by atoms with Gasteiger partial charge < -0.3 is 10.5 Å². The minimum Gasteiger partial charge on any atom is -0.398 e. The summed E-state index contributed by atoms with van der Waals surface area (Å²) in [7, 11) is 0. The van der Waals surface area contributed by atoms with E-state index in [1.165, 1.54) is 18.0 Å². The third-order valence-electron chi connectivity index (χ3n) is 2.05. The molecule has 5 heteroatoms. The van der Waals surface area contributed by atoms with Crippen LogP contribution in [0.1, 0.15) is 19.4 Å². The van der Waals surface area contributed by atoms with Crippen LogP contribution in [0, 0.1) is 12.7 Å². The lowest BCUT2D eigenvalue weighted by atomic mass is 10.2. The summed E-state index contributed by atoms with van der Waals surface area (Å²) in [5, 5.41) is 0. The van der Waals surface area contributed by atoms with E-state index in [9.17, 15) is 4.39 Å². The minimum absolute atomic E-state index is 0.329. The van der Waals surface area contributed by atoms with Gasteiger partial charge in [-0.1, -0.05) is 6.08 Å². The Bertz CT molecular complexity index is 455. The molecule has 0 bridgehead atoms. The van der Waals surface area contributed by atoms with Gasteiger partial charge in [-0.15, -0.1) is 0 Å². The molecule has 0 saturated heterocycles. The fourth-order valence-corrected chi connectivity index (χ4v) is 1.79. The van der Waals surface area contributed by atoms with E-state index >= 15 is 0 Å². The zero-order valence-corrected chi connectivity index (χ0v) is 10.9. The Hall–Kier alpha value is -1.49. The third-order valence-corrected chi connectivity index (χ3v) is 2.98. The molecular formula is C12H16FN3S. The quantitative estimate of drug-likeness (QED) is 0.376. The Balaban J connectivity index is 2.73. The highest BCUT2D eigenvalue weighted by molar-refractivity contribution is 7.98. The largest absolute Gasteiger partial charge is 0.398 e. The van der Waals surface area contributed by atoms with E-state index in [0.29, 0.717) is 16.4 Å². The normalized spacial score (nSPS) is 12.1. The van der Waals surface area contributed by atoms with E-state index in [-0.39, 0.29) is 5.82 Å². The number of nitrogens with one attached hydrogen (secondary N) is 1. The number of allylic oxidation sites excluding steroid dienone is 1. The van der Waals surface area contributed by atoms with Gasteiger partial charge in [0.2, 0.25) is 0 Å². The summed E-state index contributed by atoms with van der Waals surface area (Å²) in [4.78, 5) is 4.59. The summed E-state index contributed by atoms with van der Waals surface area (Å²) in [5.41, 5.74) is 6.93. The minimum atomic E-state index is -0.329. The second-order valence-electron chi connectivity index (χ2n) is 3.54. The van der Waals surface area contributed by atoms with Crippen LogP contribution in [0.4, 0.5) is 10.1 Å². The van der Waals surface area contributed by atoms with E-state index in [1.807, 2.05) is 26.8 Å². The lowest BCUT2D eigenvalue weighted by Crippen LogP contribution is -2.11. The van der Waals surface area contributed by atoms with Gasteiger partial charge in [0.15, 0.2) is 0 Å². The van der Waals surface area contributed by atoms with Crippen molar-refractivity contribution in [3.63, 3.8) is 0 Å². The van der Waals surface area contributed by atoms with Crippen molar-refractivity contribution in [3.05, 3.63) is 35.8 Å². The Kier molecular flexibility index (Phi) is 5.03.